The highest BCUT2D eigenvalue weighted by molar-refractivity contribution is 6.00. The van der Waals surface area contributed by atoms with Crippen LogP contribution in [0.4, 0.5) is 16.2 Å². The van der Waals surface area contributed by atoms with Crippen molar-refractivity contribution in [1.29, 1.82) is 0 Å². The molecule has 0 radical (unpaired) electrons. The minimum Gasteiger partial charge on any atom is -0.336 e. The van der Waals surface area contributed by atoms with Crippen molar-refractivity contribution in [2.45, 2.75) is 25.8 Å². The van der Waals surface area contributed by atoms with E-state index in [1.54, 1.807) is 59.3 Å². The summed E-state index contributed by atoms with van der Waals surface area (Å²) in [4.78, 5) is 56.0. The molecule has 0 spiro atoms. The van der Waals surface area contributed by atoms with Crippen LogP contribution < -0.4 is 16.2 Å². The number of anilines is 2. The number of hydrogen-bond acceptors (Lipinski definition) is 5. The van der Waals surface area contributed by atoms with Crippen LogP contribution >= 0.6 is 0 Å². The van der Waals surface area contributed by atoms with Gasteiger partial charge in [-0.1, -0.05) is 6.07 Å². The first-order valence-electron chi connectivity index (χ1n) is 11.5. The topological polar surface area (TPSA) is 113 Å². The Kier molecular flexibility index (Phi) is 5.90. The van der Waals surface area contributed by atoms with Crippen molar-refractivity contribution in [3.63, 3.8) is 0 Å². The molecule has 9 nitrogen and oxygen atoms in total. The first-order chi connectivity index (χ1) is 16.9. The number of Topliss-reactive ketones (excluding diaryl/α,β-unsaturated/α-hetero) is 1. The van der Waals surface area contributed by atoms with Gasteiger partial charge in [0.15, 0.2) is 5.78 Å². The minimum absolute atomic E-state index is 0.0468. The Morgan fingerprint density at radius 2 is 1.74 bits per heavy atom. The Labute approximate surface area is 201 Å². The van der Waals surface area contributed by atoms with Crippen LogP contribution in [0.15, 0.2) is 65.6 Å². The number of pyridine rings is 2. The first-order valence-corrected chi connectivity index (χ1v) is 11.5. The molecule has 2 atom stereocenters. The Bertz CT molecular complexity index is 1350. The highest BCUT2D eigenvalue weighted by atomic mass is 16.2. The van der Waals surface area contributed by atoms with Gasteiger partial charge in [-0.05, 0) is 67.8 Å². The highest BCUT2D eigenvalue weighted by Gasteiger charge is 2.37. The van der Waals surface area contributed by atoms with Gasteiger partial charge in [0, 0.05) is 48.7 Å². The average Bonchev–Trinajstić information content (AvgIpc) is 2.86. The second-order valence-electron chi connectivity index (χ2n) is 9.02. The molecule has 2 aromatic heterocycles. The van der Waals surface area contributed by atoms with E-state index >= 15 is 0 Å². The smallest absolute Gasteiger partial charge is 0.323 e. The molecule has 0 aliphatic carbocycles. The number of nitrogens with zero attached hydrogens (tertiary/aromatic N) is 3. The number of nitrogens with one attached hydrogen (secondary N) is 2. The van der Waals surface area contributed by atoms with E-state index in [4.69, 9.17) is 0 Å². The van der Waals surface area contributed by atoms with E-state index in [1.807, 2.05) is 11.0 Å². The zero-order valence-corrected chi connectivity index (χ0v) is 19.2. The van der Waals surface area contributed by atoms with Crippen molar-refractivity contribution >= 4 is 29.1 Å². The minimum atomic E-state index is -0.540. The van der Waals surface area contributed by atoms with E-state index in [0.29, 0.717) is 36.6 Å². The molecule has 178 valence electrons. The van der Waals surface area contributed by atoms with Crippen LogP contribution in [-0.2, 0) is 6.54 Å². The Balaban J connectivity index is 1.30. The molecule has 0 saturated carbocycles. The lowest BCUT2D eigenvalue weighted by Gasteiger charge is -2.42. The summed E-state index contributed by atoms with van der Waals surface area (Å²) in [5.41, 5.74) is 2.28. The second-order valence-corrected chi connectivity index (χ2v) is 9.02. The van der Waals surface area contributed by atoms with E-state index in [-0.39, 0.29) is 34.8 Å². The zero-order chi connectivity index (χ0) is 24.5. The Hall–Kier alpha value is -4.27. The maximum atomic E-state index is 13.2. The number of urea groups is 1. The summed E-state index contributed by atoms with van der Waals surface area (Å²) in [5, 5.41) is 5.32. The fourth-order valence-electron chi connectivity index (χ4n) is 4.93. The number of rotatable bonds is 4. The maximum Gasteiger partial charge on any atom is 0.323 e. The summed E-state index contributed by atoms with van der Waals surface area (Å²) >= 11 is 0. The number of benzene rings is 1. The van der Waals surface area contributed by atoms with Crippen molar-refractivity contribution in [3.05, 3.63) is 88.1 Å². The molecule has 4 heterocycles. The monoisotopic (exact) mass is 471 g/mol. The number of carbonyl (C=O) groups is 3. The Morgan fingerprint density at radius 3 is 2.46 bits per heavy atom. The quantitative estimate of drug-likeness (QED) is 0.567. The molecule has 2 N–H and O–H groups in total. The van der Waals surface area contributed by atoms with Crippen LogP contribution in [0.1, 0.15) is 45.8 Å². The zero-order valence-electron chi connectivity index (χ0n) is 19.2. The molecule has 35 heavy (non-hydrogen) atoms. The summed E-state index contributed by atoms with van der Waals surface area (Å²) in [6, 6.07) is 14.8. The molecule has 2 aliphatic rings. The van der Waals surface area contributed by atoms with Crippen LogP contribution in [0, 0.1) is 5.92 Å². The molecule has 9 heteroatoms. The molecular weight excluding hydrogens is 446 g/mol. The molecule has 2 aliphatic heterocycles. The number of aromatic nitrogens is 2. The van der Waals surface area contributed by atoms with Gasteiger partial charge in [0.25, 0.3) is 11.5 Å². The molecule has 1 aromatic carbocycles. The van der Waals surface area contributed by atoms with Crippen LogP contribution in [0.3, 0.4) is 0 Å². The number of likely N-dealkylation sites (tertiary alicyclic amines) is 1. The molecule has 3 aromatic rings. The van der Waals surface area contributed by atoms with E-state index in [0.717, 1.165) is 12.1 Å². The fraction of sp³-hybridized carbons (Fsp3) is 0.269. The fourth-order valence-corrected chi connectivity index (χ4v) is 4.93. The van der Waals surface area contributed by atoms with Gasteiger partial charge in [-0.15, -0.1) is 0 Å². The highest BCUT2D eigenvalue weighted by Crippen LogP contribution is 2.35. The number of hydrogen-bond donors (Lipinski definition) is 2. The van der Waals surface area contributed by atoms with E-state index < -0.39 is 6.03 Å². The van der Waals surface area contributed by atoms with E-state index in [1.165, 1.54) is 6.92 Å². The van der Waals surface area contributed by atoms with Crippen molar-refractivity contribution in [1.82, 2.24) is 14.5 Å². The van der Waals surface area contributed by atoms with Crippen LogP contribution in [0.2, 0.25) is 0 Å². The largest absolute Gasteiger partial charge is 0.336 e. The average molecular weight is 472 g/mol. The van der Waals surface area contributed by atoms with Crippen molar-refractivity contribution in [3.8, 4) is 0 Å². The SMILES string of the molecule is CC(=O)c1ccc(NC(=O)Nc2ccc3n(c2=O)C[C@H]2C[C@@H]3CN(C(=O)c3ccccn3)C2)cc1. The second kappa shape index (κ2) is 9.17. The number of fused-ring (bicyclic) bond motifs is 4. The molecule has 1 fully saturated rings. The third-order valence-corrected chi connectivity index (χ3v) is 6.57. The number of ketones is 1. The summed E-state index contributed by atoms with van der Waals surface area (Å²) in [7, 11) is 0. The van der Waals surface area contributed by atoms with E-state index in [9.17, 15) is 19.2 Å². The lowest BCUT2D eigenvalue weighted by atomic mass is 9.83. The summed E-state index contributed by atoms with van der Waals surface area (Å²) in [5.74, 6) is 0.0421. The summed E-state index contributed by atoms with van der Waals surface area (Å²) in [6.45, 7) is 3.05. The number of amides is 3. The third-order valence-electron chi connectivity index (χ3n) is 6.57. The molecule has 0 unspecified atom stereocenters. The van der Waals surface area contributed by atoms with Gasteiger partial charge < -0.3 is 20.1 Å². The van der Waals surface area contributed by atoms with Crippen molar-refractivity contribution in [2.24, 2.45) is 5.92 Å². The normalized spacial score (nSPS) is 18.4. The van der Waals surface area contributed by atoms with Gasteiger partial charge in [0.1, 0.15) is 11.4 Å². The summed E-state index contributed by atoms with van der Waals surface area (Å²) < 4.78 is 1.72. The standard InChI is InChI=1S/C26H25N5O4/c1-16(32)18-5-7-20(8-6-18)28-26(35)29-22-9-10-23-19-12-17(14-31(23)25(22)34)13-30(15-19)24(33)21-4-2-3-11-27-21/h2-11,17,19H,12-15H2,1H3,(H2,28,29,35)/t17-,19+/m0/s1. The van der Waals surface area contributed by atoms with Gasteiger partial charge >= 0.3 is 6.03 Å². The van der Waals surface area contributed by atoms with Gasteiger partial charge in [-0.25, -0.2) is 4.79 Å². The Morgan fingerprint density at radius 1 is 0.943 bits per heavy atom. The van der Waals surface area contributed by atoms with Gasteiger partial charge in [0.2, 0.25) is 0 Å². The molecular formula is C26H25N5O4. The van der Waals surface area contributed by atoms with Crippen LogP contribution in [-0.4, -0.2) is 45.3 Å². The molecule has 3 amide bonds. The summed E-state index contributed by atoms with van der Waals surface area (Å²) in [6.07, 6.45) is 2.52. The number of carbonyl (C=O) groups excluding carboxylic acids is 3. The van der Waals surface area contributed by atoms with Crippen molar-refractivity contribution < 1.29 is 14.4 Å². The van der Waals surface area contributed by atoms with Crippen LogP contribution in [0.25, 0.3) is 0 Å². The predicted molar refractivity (Wildman–Crippen MR) is 131 cm³/mol. The van der Waals surface area contributed by atoms with Gasteiger partial charge in [-0.2, -0.15) is 0 Å². The number of piperidine rings is 1. The maximum absolute atomic E-state index is 13.2. The lowest BCUT2D eigenvalue weighted by molar-refractivity contribution is 0.0589. The molecule has 1 saturated heterocycles. The first kappa shape index (κ1) is 22.5. The molecule has 2 bridgehead atoms. The van der Waals surface area contributed by atoms with E-state index in [2.05, 4.69) is 15.6 Å². The van der Waals surface area contributed by atoms with Gasteiger partial charge in [-0.3, -0.25) is 19.4 Å². The third kappa shape index (κ3) is 4.57. The van der Waals surface area contributed by atoms with Crippen LogP contribution in [0.5, 0.6) is 0 Å². The van der Waals surface area contributed by atoms with Crippen molar-refractivity contribution in [2.75, 3.05) is 23.7 Å². The lowest BCUT2D eigenvalue weighted by Crippen LogP contribution is -2.49. The molecule has 5 rings (SSSR count). The predicted octanol–water partition coefficient (Wildman–Crippen LogP) is 3.35. The van der Waals surface area contributed by atoms with Gasteiger partial charge in [0.05, 0.1) is 0 Å².